The van der Waals surface area contributed by atoms with Gasteiger partial charge in [0.1, 0.15) is 11.6 Å². The van der Waals surface area contributed by atoms with Crippen LogP contribution >= 0.6 is 0 Å². The van der Waals surface area contributed by atoms with Crippen LogP contribution in [0.3, 0.4) is 0 Å². The lowest BCUT2D eigenvalue weighted by molar-refractivity contribution is -0.158. The number of esters is 1. The van der Waals surface area contributed by atoms with Crippen molar-refractivity contribution in [3.05, 3.63) is 0 Å². The standard InChI is InChI=1S/C14H28N4O2/c1-14(2,3)20-12(19)11(18-10-6-4-7-10)8-5-9-17-13(15)16/h10-11,18H,4-9H2,1-3H3,(H4,15,16,17)/t11-/m0/s1. The number of nitrogens with zero attached hydrogens (tertiary/aromatic N) is 1. The molecule has 0 aromatic carbocycles. The smallest absolute Gasteiger partial charge is 0.323 e. The van der Waals surface area contributed by atoms with Gasteiger partial charge in [-0.05, 0) is 46.5 Å². The molecule has 0 bridgehead atoms. The summed E-state index contributed by atoms with van der Waals surface area (Å²) in [6.07, 6.45) is 4.93. The Morgan fingerprint density at radius 1 is 1.40 bits per heavy atom. The van der Waals surface area contributed by atoms with Crippen LogP contribution in [0.2, 0.25) is 0 Å². The fourth-order valence-electron chi connectivity index (χ4n) is 2.01. The van der Waals surface area contributed by atoms with Gasteiger partial charge in [0.05, 0.1) is 0 Å². The van der Waals surface area contributed by atoms with E-state index in [1.807, 2.05) is 20.8 Å². The van der Waals surface area contributed by atoms with Crippen molar-refractivity contribution in [2.75, 3.05) is 6.54 Å². The first kappa shape index (κ1) is 16.8. The van der Waals surface area contributed by atoms with Crippen LogP contribution in [0.15, 0.2) is 4.99 Å². The van der Waals surface area contributed by atoms with Crippen molar-refractivity contribution < 1.29 is 9.53 Å². The van der Waals surface area contributed by atoms with E-state index in [1.165, 1.54) is 6.42 Å². The summed E-state index contributed by atoms with van der Waals surface area (Å²) in [6, 6.07) is 0.171. The molecule has 0 saturated heterocycles. The van der Waals surface area contributed by atoms with Crippen molar-refractivity contribution in [1.29, 1.82) is 0 Å². The topological polar surface area (TPSA) is 103 Å². The van der Waals surface area contributed by atoms with Crippen LogP contribution in [-0.4, -0.2) is 36.2 Å². The summed E-state index contributed by atoms with van der Waals surface area (Å²) in [5, 5.41) is 3.38. The molecule has 0 radical (unpaired) electrons. The normalized spacial score (nSPS) is 17.1. The number of aliphatic imine (C=N–C) groups is 1. The highest BCUT2D eigenvalue weighted by atomic mass is 16.6. The minimum atomic E-state index is -0.462. The fraction of sp³-hybridized carbons (Fsp3) is 0.857. The second-order valence-electron chi connectivity index (χ2n) is 6.33. The monoisotopic (exact) mass is 284 g/mol. The minimum Gasteiger partial charge on any atom is -0.459 e. The molecule has 116 valence electrons. The first-order chi connectivity index (χ1) is 9.28. The Kier molecular flexibility index (Phi) is 6.26. The second-order valence-corrected chi connectivity index (χ2v) is 6.33. The first-order valence-electron chi connectivity index (χ1n) is 7.32. The van der Waals surface area contributed by atoms with Crippen molar-refractivity contribution in [1.82, 2.24) is 5.32 Å². The van der Waals surface area contributed by atoms with Crippen molar-refractivity contribution >= 4 is 11.9 Å². The van der Waals surface area contributed by atoms with Gasteiger partial charge in [-0.3, -0.25) is 9.79 Å². The number of nitrogens with one attached hydrogen (secondary N) is 1. The van der Waals surface area contributed by atoms with E-state index < -0.39 is 5.60 Å². The predicted molar refractivity (Wildman–Crippen MR) is 80.3 cm³/mol. The highest BCUT2D eigenvalue weighted by Crippen LogP contribution is 2.20. The second kappa shape index (κ2) is 7.47. The largest absolute Gasteiger partial charge is 0.459 e. The van der Waals surface area contributed by atoms with Crippen molar-refractivity contribution in [3.63, 3.8) is 0 Å². The molecule has 0 spiro atoms. The maximum atomic E-state index is 12.2. The Morgan fingerprint density at radius 2 is 2.05 bits per heavy atom. The van der Waals surface area contributed by atoms with Gasteiger partial charge in [-0.25, -0.2) is 0 Å². The van der Waals surface area contributed by atoms with E-state index in [2.05, 4.69) is 10.3 Å². The molecule has 0 aliphatic heterocycles. The summed E-state index contributed by atoms with van der Waals surface area (Å²) >= 11 is 0. The van der Waals surface area contributed by atoms with Gasteiger partial charge >= 0.3 is 5.97 Å². The zero-order valence-corrected chi connectivity index (χ0v) is 12.8. The summed E-state index contributed by atoms with van der Waals surface area (Å²) in [6.45, 7) is 6.17. The number of nitrogens with two attached hydrogens (primary N) is 2. The molecule has 20 heavy (non-hydrogen) atoms. The van der Waals surface area contributed by atoms with Crippen LogP contribution in [0.4, 0.5) is 0 Å². The molecule has 6 nitrogen and oxygen atoms in total. The van der Waals surface area contributed by atoms with Crippen LogP contribution in [0.1, 0.15) is 52.9 Å². The summed E-state index contributed by atoms with van der Waals surface area (Å²) in [5.41, 5.74) is 10.1. The van der Waals surface area contributed by atoms with Crippen LogP contribution in [-0.2, 0) is 9.53 Å². The Balaban J connectivity index is 2.45. The van der Waals surface area contributed by atoms with Gasteiger partial charge in [0.25, 0.3) is 0 Å². The molecule has 1 atom stereocenters. The lowest BCUT2D eigenvalue weighted by atomic mass is 9.92. The van der Waals surface area contributed by atoms with Crippen molar-refractivity contribution in [2.24, 2.45) is 16.5 Å². The van der Waals surface area contributed by atoms with Gasteiger partial charge < -0.3 is 21.5 Å². The van der Waals surface area contributed by atoms with Gasteiger partial charge in [0.2, 0.25) is 0 Å². The number of carbonyl (C=O) groups excluding carboxylic acids is 1. The van der Waals surface area contributed by atoms with E-state index in [-0.39, 0.29) is 18.0 Å². The SMILES string of the molecule is CC(C)(C)OC(=O)[C@H](CCCN=C(N)N)NC1CCC1. The van der Waals surface area contributed by atoms with E-state index >= 15 is 0 Å². The lowest BCUT2D eigenvalue weighted by Crippen LogP contribution is -2.48. The summed E-state index contributed by atoms with van der Waals surface area (Å²) in [7, 11) is 0. The Bertz CT molecular complexity index is 342. The molecule has 0 amide bonds. The number of hydrogen-bond donors (Lipinski definition) is 3. The molecular weight excluding hydrogens is 256 g/mol. The minimum absolute atomic E-state index is 0.0887. The molecule has 1 aliphatic carbocycles. The maximum absolute atomic E-state index is 12.2. The molecule has 1 rings (SSSR count). The average molecular weight is 284 g/mol. The molecule has 6 heteroatoms. The van der Waals surface area contributed by atoms with Gasteiger partial charge in [-0.2, -0.15) is 0 Å². The highest BCUT2D eigenvalue weighted by molar-refractivity contribution is 5.76. The number of carbonyl (C=O) groups is 1. The first-order valence-corrected chi connectivity index (χ1v) is 7.32. The van der Waals surface area contributed by atoms with E-state index in [9.17, 15) is 4.79 Å². The number of ether oxygens (including phenoxy) is 1. The zero-order chi connectivity index (χ0) is 15.2. The van der Waals surface area contributed by atoms with Gasteiger partial charge in [0, 0.05) is 12.6 Å². The van der Waals surface area contributed by atoms with Gasteiger partial charge in [-0.15, -0.1) is 0 Å². The number of rotatable bonds is 7. The quantitative estimate of drug-likeness (QED) is 0.279. The van der Waals surface area contributed by atoms with Gasteiger partial charge in [-0.1, -0.05) is 6.42 Å². The van der Waals surface area contributed by atoms with E-state index in [4.69, 9.17) is 16.2 Å². The van der Waals surface area contributed by atoms with Crippen LogP contribution in [0, 0.1) is 0 Å². The summed E-state index contributed by atoms with van der Waals surface area (Å²) in [4.78, 5) is 16.1. The Morgan fingerprint density at radius 3 is 2.50 bits per heavy atom. The molecule has 0 aromatic rings. The maximum Gasteiger partial charge on any atom is 0.323 e. The third kappa shape index (κ3) is 6.75. The average Bonchev–Trinajstić information content (AvgIpc) is 2.22. The molecule has 1 aliphatic rings. The van der Waals surface area contributed by atoms with Crippen molar-refractivity contribution in [2.45, 2.75) is 70.6 Å². The molecule has 1 fully saturated rings. The van der Waals surface area contributed by atoms with Gasteiger partial charge in [0.15, 0.2) is 5.96 Å². The third-order valence-corrected chi connectivity index (χ3v) is 3.18. The highest BCUT2D eigenvalue weighted by Gasteiger charge is 2.28. The molecule has 0 unspecified atom stereocenters. The molecular formula is C14H28N4O2. The van der Waals surface area contributed by atoms with E-state index in [0.29, 0.717) is 19.0 Å². The van der Waals surface area contributed by atoms with Crippen LogP contribution in [0.5, 0.6) is 0 Å². The number of guanidine groups is 1. The summed E-state index contributed by atoms with van der Waals surface area (Å²) < 4.78 is 5.46. The zero-order valence-electron chi connectivity index (χ0n) is 12.8. The van der Waals surface area contributed by atoms with E-state index in [0.717, 1.165) is 19.3 Å². The Hall–Kier alpha value is -1.30. The third-order valence-electron chi connectivity index (χ3n) is 3.18. The number of hydrogen-bond acceptors (Lipinski definition) is 4. The van der Waals surface area contributed by atoms with Crippen LogP contribution in [0.25, 0.3) is 0 Å². The predicted octanol–water partition coefficient (Wildman–Crippen LogP) is 0.892. The van der Waals surface area contributed by atoms with Crippen LogP contribution < -0.4 is 16.8 Å². The molecule has 0 heterocycles. The summed E-state index contributed by atoms with van der Waals surface area (Å²) in [5.74, 6) is -0.0973. The fourth-order valence-corrected chi connectivity index (χ4v) is 2.01. The molecule has 0 aromatic heterocycles. The molecule has 1 saturated carbocycles. The van der Waals surface area contributed by atoms with Crippen molar-refractivity contribution in [3.8, 4) is 0 Å². The Labute approximate surface area is 121 Å². The van der Waals surface area contributed by atoms with E-state index in [1.54, 1.807) is 0 Å². The molecule has 5 N–H and O–H groups in total. The lowest BCUT2D eigenvalue weighted by Gasteiger charge is -2.32.